The van der Waals surface area contributed by atoms with Gasteiger partial charge in [0.2, 0.25) is 0 Å². The molecule has 0 amide bonds. The maximum Gasteiger partial charge on any atom is 0.0575 e. The van der Waals surface area contributed by atoms with Gasteiger partial charge in [0.15, 0.2) is 0 Å². The third-order valence-corrected chi connectivity index (χ3v) is 9.00. The Bertz CT molecular complexity index is 500. The van der Waals surface area contributed by atoms with E-state index in [2.05, 4.69) is 43.5 Å². The van der Waals surface area contributed by atoms with Crippen LogP contribution in [0.15, 0.2) is 24.3 Å². The number of ether oxygens (including phenoxy) is 1. The predicted octanol–water partition coefficient (Wildman–Crippen LogP) is 13.8. The number of hydrogen-bond acceptors (Lipinski definition) is 2. The summed E-state index contributed by atoms with van der Waals surface area (Å²) in [7, 11) is 2.04. The minimum Gasteiger partial charge on any atom is -0.378 e. The molecule has 0 bridgehead atoms. The van der Waals surface area contributed by atoms with Crippen LogP contribution in [0.5, 0.6) is 0 Å². The Labute approximate surface area is 273 Å². The van der Waals surface area contributed by atoms with Crippen LogP contribution < -0.4 is 5.32 Å². The first-order valence-electron chi connectivity index (χ1n) is 19.9. The van der Waals surface area contributed by atoms with Crippen molar-refractivity contribution in [3.63, 3.8) is 0 Å². The highest BCUT2D eigenvalue weighted by molar-refractivity contribution is 4.82. The molecule has 0 saturated heterocycles. The van der Waals surface area contributed by atoms with Gasteiger partial charge in [0.05, 0.1) is 6.10 Å². The summed E-state index contributed by atoms with van der Waals surface area (Å²) in [5, 5.41) is 3.26. The lowest BCUT2D eigenvalue weighted by Gasteiger charge is -2.18. The van der Waals surface area contributed by atoms with Gasteiger partial charge in [0.1, 0.15) is 0 Å². The summed E-state index contributed by atoms with van der Waals surface area (Å²) in [6.07, 6.45) is 52.6. The normalized spacial score (nSPS) is 12.1. The van der Waals surface area contributed by atoms with Crippen LogP contribution in [0.4, 0.5) is 0 Å². The molecule has 2 nitrogen and oxygen atoms in total. The monoisotopic (exact) mass is 604 g/mol. The Kier molecular flexibility index (Phi) is 38.9. The number of unbranched alkanes of at least 4 members (excludes halogenated alkanes) is 24. The van der Waals surface area contributed by atoms with Crippen LogP contribution >= 0.6 is 0 Å². The number of hydrogen-bond donors (Lipinski definition) is 1. The fourth-order valence-corrected chi connectivity index (χ4v) is 6.05. The molecular weight excluding hydrogens is 522 g/mol. The molecule has 43 heavy (non-hydrogen) atoms. The molecule has 0 aliphatic carbocycles. The topological polar surface area (TPSA) is 21.3 Å². The summed E-state index contributed by atoms with van der Waals surface area (Å²) in [4.78, 5) is 0. The third-order valence-electron chi connectivity index (χ3n) is 9.00. The minimum absolute atomic E-state index is 0.491. The van der Waals surface area contributed by atoms with Crippen molar-refractivity contribution in [1.82, 2.24) is 5.32 Å². The van der Waals surface area contributed by atoms with Crippen molar-refractivity contribution >= 4 is 0 Å². The van der Waals surface area contributed by atoms with E-state index in [0.717, 1.165) is 19.6 Å². The Balaban J connectivity index is 3.69. The third kappa shape index (κ3) is 37.5. The number of rotatable bonds is 37. The number of allylic oxidation sites excluding steroid dienone is 4. The van der Waals surface area contributed by atoms with Gasteiger partial charge in [0, 0.05) is 6.61 Å². The molecular formula is C41H81NO. The fourth-order valence-electron chi connectivity index (χ4n) is 6.05. The Hall–Kier alpha value is -0.600. The zero-order valence-electron chi connectivity index (χ0n) is 30.1. The Morgan fingerprint density at radius 3 is 1.09 bits per heavy atom. The number of nitrogens with one attached hydrogen (secondary N) is 1. The molecule has 0 saturated carbocycles. The maximum absolute atomic E-state index is 6.34. The Morgan fingerprint density at radius 1 is 0.419 bits per heavy atom. The molecule has 0 aliphatic rings. The first-order chi connectivity index (χ1) is 21.3. The summed E-state index contributed by atoms with van der Waals surface area (Å²) in [6.45, 7) is 6.58. The molecule has 256 valence electrons. The van der Waals surface area contributed by atoms with Gasteiger partial charge in [-0.05, 0) is 84.2 Å². The van der Waals surface area contributed by atoms with E-state index in [-0.39, 0.29) is 0 Å². The lowest BCUT2D eigenvalue weighted by molar-refractivity contribution is 0.0370. The van der Waals surface area contributed by atoms with E-state index < -0.39 is 0 Å². The van der Waals surface area contributed by atoms with E-state index in [0.29, 0.717) is 6.10 Å². The predicted molar refractivity (Wildman–Crippen MR) is 196 cm³/mol. The summed E-state index contributed by atoms with van der Waals surface area (Å²) in [5.74, 6) is 0. The molecule has 0 atom stereocenters. The highest BCUT2D eigenvalue weighted by Gasteiger charge is 2.09. The second-order valence-corrected chi connectivity index (χ2v) is 13.4. The van der Waals surface area contributed by atoms with E-state index in [1.807, 2.05) is 7.05 Å². The van der Waals surface area contributed by atoms with Crippen molar-refractivity contribution in [3.8, 4) is 0 Å². The van der Waals surface area contributed by atoms with Crippen LogP contribution in [0.25, 0.3) is 0 Å². The van der Waals surface area contributed by atoms with Gasteiger partial charge in [-0.2, -0.15) is 0 Å². The standard InChI is InChI=1S/C41H81NO/c1-4-6-8-10-12-14-16-18-20-22-24-26-28-30-32-34-37-41(43-40-36-39-42-3)38-35-33-31-29-27-25-23-21-19-17-15-13-11-9-7-5-2/h18-21,41-42H,4-17,22-40H2,1-3H3/b20-18-,21-19-. The van der Waals surface area contributed by atoms with Crippen LogP contribution in [0, 0.1) is 0 Å². The van der Waals surface area contributed by atoms with Crippen LogP contribution in [-0.4, -0.2) is 26.3 Å². The molecule has 0 spiro atoms. The van der Waals surface area contributed by atoms with Crippen LogP contribution in [-0.2, 0) is 4.74 Å². The molecule has 0 unspecified atom stereocenters. The fraction of sp³-hybridized carbons (Fsp3) is 0.902. The molecule has 0 radical (unpaired) electrons. The van der Waals surface area contributed by atoms with Crippen molar-refractivity contribution in [1.29, 1.82) is 0 Å². The second kappa shape index (κ2) is 39.4. The first-order valence-corrected chi connectivity index (χ1v) is 19.9. The summed E-state index contributed by atoms with van der Waals surface area (Å²) in [5.41, 5.74) is 0. The van der Waals surface area contributed by atoms with Gasteiger partial charge in [-0.3, -0.25) is 0 Å². The molecule has 0 aromatic heterocycles. The first kappa shape index (κ1) is 42.4. The van der Waals surface area contributed by atoms with Gasteiger partial charge < -0.3 is 10.1 Å². The van der Waals surface area contributed by atoms with Crippen LogP contribution in [0.2, 0.25) is 0 Å². The van der Waals surface area contributed by atoms with Crippen molar-refractivity contribution in [2.24, 2.45) is 0 Å². The van der Waals surface area contributed by atoms with Crippen molar-refractivity contribution in [3.05, 3.63) is 24.3 Å². The molecule has 0 aliphatic heterocycles. The van der Waals surface area contributed by atoms with Gasteiger partial charge in [-0.25, -0.2) is 0 Å². The summed E-state index contributed by atoms with van der Waals surface area (Å²) < 4.78 is 6.34. The smallest absolute Gasteiger partial charge is 0.0575 e. The highest BCUT2D eigenvalue weighted by Crippen LogP contribution is 2.18. The van der Waals surface area contributed by atoms with E-state index in [1.165, 1.54) is 193 Å². The van der Waals surface area contributed by atoms with Gasteiger partial charge in [-0.15, -0.1) is 0 Å². The van der Waals surface area contributed by atoms with Crippen molar-refractivity contribution in [2.75, 3.05) is 20.2 Å². The van der Waals surface area contributed by atoms with Crippen LogP contribution in [0.1, 0.15) is 213 Å². The van der Waals surface area contributed by atoms with Gasteiger partial charge in [-0.1, -0.05) is 167 Å². The van der Waals surface area contributed by atoms with Crippen LogP contribution in [0.3, 0.4) is 0 Å². The highest BCUT2D eigenvalue weighted by atomic mass is 16.5. The summed E-state index contributed by atoms with van der Waals surface area (Å²) >= 11 is 0. The lowest BCUT2D eigenvalue weighted by atomic mass is 10.0. The van der Waals surface area contributed by atoms with E-state index in [1.54, 1.807) is 0 Å². The quantitative estimate of drug-likeness (QED) is 0.0563. The molecule has 0 heterocycles. The average Bonchev–Trinajstić information content (AvgIpc) is 3.02. The molecule has 1 N–H and O–H groups in total. The SMILES string of the molecule is CCCCCCCC/C=C\CCCCCCCCC(CCCCCCCC/C=C\CCCCCCCC)OCCCNC. The average molecular weight is 604 g/mol. The molecule has 0 fully saturated rings. The van der Waals surface area contributed by atoms with E-state index in [4.69, 9.17) is 4.74 Å². The zero-order chi connectivity index (χ0) is 31.2. The Morgan fingerprint density at radius 2 is 0.744 bits per heavy atom. The molecule has 0 aromatic rings. The zero-order valence-corrected chi connectivity index (χ0v) is 30.1. The van der Waals surface area contributed by atoms with Gasteiger partial charge >= 0.3 is 0 Å². The maximum atomic E-state index is 6.34. The van der Waals surface area contributed by atoms with E-state index in [9.17, 15) is 0 Å². The van der Waals surface area contributed by atoms with Crippen molar-refractivity contribution < 1.29 is 4.74 Å². The molecule has 0 aromatic carbocycles. The second-order valence-electron chi connectivity index (χ2n) is 13.4. The summed E-state index contributed by atoms with van der Waals surface area (Å²) in [6, 6.07) is 0. The largest absolute Gasteiger partial charge is 0.378 e. The van der Waals surface area contributed by atoms with Crippen molar-refractivity contribution in [2.45, 2.75) is 219 Å². The molecule has 0 rings (SSSR count). The lowest BCUT2D eigenvalue weighted by Crippen LogP contribution is -2.17. The van der Waals surface area contributed by atoms with Gasteiger partial charge in [0.25, 0.3) is 0 Å². The molecule has 2 heteroatoms. The van der Waals surface area contributed by atoms with E-state index >= 15 is 0 Å². The minimum atomic E-state index is 0.491.